The number of rotatable bonds is 5. The van der Waals surface area contributed by atoms with Gasteiger partial charge in [-0.15, -0.1) is 0 Å². The number of benzene rings is 1. The zero-order valence-electron chi connectivity index (χ0n) is 10.5. The molecule has 0 radical (unpaired) electrons. The van der Waals surface area contributed by atoms with Crippen LogP contribution in [-0.2, 0) is 13.0 Å². The SMILES string of the molecule is Cc1cccc(C)c1CNCCc1ncc[nH]1. The maximum absolute atomic E-state index is 4.20. The number of aromatic nitrogens is 2. The summed E-state index contributed by atoms with van der Waals surface area (Å²) in [6.45, 7) is 6.20. The van der Waals surface area contributed by atoms with Crippen LogP contribution in [0.1, 0.15) is 22.5 Å². The molecule has 0 aliphatic rings. The van der Waals surface area contributed by atoms with Crippen LogP contribution in [0.25, 0.3) is 0 Å². The lowest BCUT2D eigenvalue weighted by Gasteiger charge is -2.10. The van der Waals surface area contributed by atoms with Crippen LogP contribution in [0, 0.1) is 13.8 Å². The summed E-state index contributed by atoms with van der Waals surface area (Å²) in [5, 5.41) is 3.46. The van der Waals surface area contributed by atoms with E-state index >= 15 is 0 Å². The molecule has 0 aliphatic carbocycles. The largest absolute Gasteiger partial charge is 0.349 e. The van der Waals surface area contributed by atoms with E-state index in [1.54, 1.807) is 6.20 Å². The predicted molar refractivity (Wildman–Crippen MR) is 69.9 cm³/mol. The molecule has 0 aliphatic heterocycles. The molecule has 3 nitrogen and oxygen atoms in total. The minimum Gasteiger partial charge on any atom is -0.349 e. The molecule has 0 fully saturated rings. The Balaban J connectivity index is 1.82. The highest BCUT2D eigenvalue weighted by atomic mass is 14.9. The molecule has 0 bridgehead atoms. The topological polar surface area (TPSA) is 40.7 Å². The average Bonchev–Trinajstić information content (AvgIpc) is 2.80. The van der Waals surface area contributed by atoms with Gasteiger partial charge in [-0.2, -0.15) is 0 Å². The highest BCUT2D eigenvalue weighted by Crippen LogP contribution is 2.12. The molecule has 0 saturated heterocycles. The van der Waals surface area contributed by atoms with Crippen LogP contribution in [0.5, 0.6) is 0 Å². The lowest BCUT2D eigenvalue weighted by molar-refractivity contribution is 0.669. The Morgan fingerprint density at radius 3 is 2.65 bits per heavy atom. The van der Waals surface area contributed by atoms with E-state index in [0.29, 0.717) is 0 Å². The van der Waals surface area contributed by atoms with Crippen molar-refractivity contribution in [1.82, 2.24) is 15.3 Å². The summed E-state index contributed by atoms with van der Waals surface area (Å²) in [7, 11) is 0. The van der Waals surface area contributed by atoms with E-state index in [1.165, 1.54) is 16.7 Å². The van der Waals surface area contributed by atoms with Gasteiger partial charge in [-0.1, -0.05) is 18.2 Å². The predicted octanol–water partition coefficient (Wildman–Crippen LogP) is 2.36. The maximum atomic E-state index is 4.20. The minimum absolute atomic E-state index is 0.930. The summed E-state index contributed by atoms with van der Waals surface area (Å²) in [5.74, 6) is 1.04. The van der Waals surface area contributed by atoms with Crippen molar-refractivity contribution in [3.8, 4) is 0 Å². The third-order valence-electron chi connectivity index (χ3n) is 3.04. The molecule has 0 saturated carbocycles. The van der Waals surface area contributed by atoms with Crippen molar-refractivity contribution in [1.29, 1.82) is 0 Å². The van der Waals surface area contributed by atoms with E-state index in [-0.39, 0.29) is 0 Å². The summed E-state index contributed by atoms with van der Waals surface area (Å²) in [6, 6.07) is 6.43. The first-order chi connectivity index (χ1) is 8.27. The first-order valence-electron chi connectivity index (χ1n) is 6.01. The quantitative estimate of drug-likeness (QED) is 0.773. The van der Waals surface area contributed by atoms with Crippen molar-refractivity contribution < 1.29 is 0 Å². The molecular weight excluding hydrogens is 210 g/mol. The van der Waals surface area contributed by atoms with E-state index in [1.807, 2.05) is 6.20 Å². The van der Waals surface area contributed by atoms with Gasteiger partial charge in [0.25, 0.3) is 0 Å². The summed E-state index contributed by atoms with van der Waals surface area (Å²) in [5.41, 5.74) is 4.12. The molecule has 2 N–H and O–H groups in total. The van der Waals surface area contributed by atoms with Crippen molar-refractivity contribution in [3.05, 3.63) is 53.1 Å². The fraction of sp³-hybridized carbons (Fsp3) is 0.357. The van der Waals surface area contributed by atoms with Gasteiger partial charge in [-0.25, -0.2) is 4.98 Å². The smallest absolute Gasteiger partial charge is 0.107 e. The molecule has 3 heteroatoms. The van der Waals surface area contributed by atoms with E-state index in [9.17, 15) is 0 Å². The fourth-order valence-electron chi connectivity index (χ4n) is 1.98. The monoisotopic (exact) mass is 229 g/mol. The Kier molecular flexibility index (Phi) is 3.94. The Morgan fingerprint density at radius 2 is 2.00 bits per heavy atom. The van der Waals surface area contributed by atoms with Gasteiger partial charge in [0.2, 0.25) is 0 Å². The molecule has 17 heavy (non-hydrogen) atoms. The number of aromatic amines is 1. The van der Waals surface area contributed by atoms with Gasteiger partial charge in [0.05, 0.1) is 0 Å². The zero-order valence-corrected chi connectivity index (χ0v) is 10.5. The summed E-state index contributed by atoms with van der Waals surface area (Å²) in [6.07, 6.45) is 4.60. The minimum atomic E-state index is 0.930. The van der Waals surface area contributed by atoms with Gasteiger partial charge in [0, 0.05) is 31.9 Å². The van der Waals surface area contributed by atoms with Gasteiger partial charge in [0.1, 0.15) is 5.82 Å². The summed E-state index contributed by atoms with van der Waals surface area (Å²) < 4.78 is 0. The molecule has 1 heterocycles. The molecule has 2 rings (SSSR count). The van der Waals surface area contributed by atoms with Crippen molar-refractivity contribution in [2.24, 2.45) is 0 Å². The van der Waals surface area contributed by atoms with E-state index in [2.05, 4.69) is 47.3 Å². The van der Waals surface area contributed by atoms with Crippen LogP contribution in [-0.4, -0.2) is 16.5 Å². The second-order valence-corrected chi connectivity index (χ2v) is 4.33. The fourth-order valence-corrected chi connectivity index (χ4v) is 1.98. The molecular formula is C14H19N3. The van der Waals surface area contributed by atoms with E-state index < -0.39 is 0 Å². The lowest BCUT2D eigenvalue weighted by atomic mass is 10.0. The first-order valence-corrected chi connectivity index (χ1v) is 6.01. The van der Waals surface area contributed by atoms with Crippen LogP contribution in [0.3, 0.4) is 0 Å². The van der Waals surface area contributed by atoms with Gasteiger partial charge < -0.3 is 10.3 Å². The third kappa shape index (κ3) is 3.17. The standard InChI is InChI=1S/C14H19N3/c1-11-4-3-5-12(2)13(11)10-15-7-6-14-16-8-9-17-14/h3-5,8-9,15H,6-7,10H2,1-2H3,(H,16,17). The molecule has 2 aromatic rings. The molecule has 90 valence electrons. The Hall–Kier alpha value is -1.61. The maximum Gasteiger partial charge on any atom is 0.107 e. The van der Waals surface area contributed by atoms with Crippen LogP contribution in [0.2, 0.25) is 0 Å². The molecule has 0 unspecified atom stereocenters. The molecule has 0 atom stereocenters. The van der Waals surface area contributed by atoms with Gasteiger partial charge in [-0.05, 0) is 30.5 Å². The van der Waals surface area contributed by atoms with Crippen molar-refractivity contribution in [3.63, 3.8) is 0 Å². The Labute approximate surface area is 102 Å². The van der Waals surface area contributed by atoms with Crippen LogP contribution < -0.4 is 5.32 Å². The number of nitrogens with zero attached hydrogens (tertiary/aromatic N) is 1. The van der Waals surface area contributed by atoms with Crippen LogP contribution in [0.15, 0.2) is 30.6 Å². The van der Waals surface area contributed by atoms with Crippen molar-refractivity contribution >= 4 is 0 Å². The normalized spacial score (nSPS) is 10.7. The number of hydrogen-bond acceptors (Lipinski definition) is 2. The van der Waals surface area contributed by atoms with Crippen LogP contribution >= 0.6 is 0 Å². The van der Waals surface area contributed by atoms with Crippen molar-refractivity contribution in [2.75, 3.05) is 6.54 Å². The summed E-state index contributed by atoms with van der Waals surface area (Å²) in [4.78, 5) is 7.31. The van der Waals surface area contributed by atoms with E-state index in [0.717, 1.165) is 25.3 Å². The summed E-state index contributed by atoms with van der Waals surface area (Å²) >= 11 is 0. The zero-order chi connectivity index (χ0) is 12.1. The highest BCUT2D eigenvalue weighted by molar-refractivity contribution is 5.33. The molecule has 0 amide bonds. The van der Waals surface area contributed by atoms with Gasteiger partial charge in [0.15, 0.2) is 0 Å². The molecule has 1 aromatic heterocycles. The van der Waals surface area contributed by atoms with Crippen molar-refractivity contribution in [2.45, 2.75) is 26.8 Å². The first kappa shape index (κ1) is 11.9. The Bertz CT molecular complexity index is 440. The molecule has 0 spiro atoms. The van der Waals surface area contributed by atoms with Gasteiger partial charge >= 0.3 is 0 Å². The lowest BCUT2D eigenvalue weighted by Crippen LogP contribution is -2.18. The number of nitrogens with one attached hydrogen (secondary N) is 2. The third-order valence-corrected chi connectivity index (χ3v) is 3.04. The number of imidazole rings is 1. The highest BCUT2D eigenvalue weighted by Gasteiger charge is 2.01. The second kappa shape index (κ2) is 5.64. The molecule has 1 aromatic carbocycles. The average molecular weight is 229 g/mol. The Morgan fingerprint density at radius 1 is 1.24 bits per heavy atom. The number of aryl methyl sites for hydroxylation is 2. The number of H-pyrrole nitrogens is 1. The van der Waals surface area contributed by atoms with E-state index in [4.69, 9.17) is 0 Å². The van der Waals surface area contributed by atoms with Gasteiger partial charge in [-0.3, -0.25) is 0 Å². The second-order valence-electron chi connectivity index (χ2n) is 4.33. The number of hydrogen-bond donors (Lipinski definition) is 2. The van der Waals surface area contributed by atoms with Crippen LogP contribution in [0.4, 0.5) is 0 Å².